The summed E-state index contributed by atoms with van der Waals surface area (Å²) in [6.45, 7) is 121. The average Bonchev–Trinajstić information content (AvgIpc) is 1.71. The topological polar surface area (TPSA) is 174 Å². The third kappa shape index (κ3) is 60.0. The summed E-state index contributed by atoms with van der Waals surface area (Å²) in [6, 6.07) is 6.32. The lowest BCUT2D eigenvalue weighted by atomic mass is 9.87. The van der Waals surface area contributed by atoms with Gasteiger partial charge in [-0.25, -0.2) is 29.9 Å². The van der Waals surface area contributed by atoms with Crippen LogP contribution in [0.25, 0.3) is 0 Å². The van der Waals surface area contributed by atoms with Crippen molar-refractivity contribution in [3.8, 4) is 0 Å². The molecule has 0 atom stereocenters. The summed E-state index contributed by atoms with van der Waals surface area (Å²) in [4.78, 5) is 36.1. The summed E-state index contributed by atoms with van der Waals surface area (Å²) in [5, 5.41) is 23.5. The van der Waals surface area contributed by atoms with Crippen LogP contribution in [0.2, 0.25) is 0 Å². The Morgan fingerprint density at radius 3 is 1.17 bits per heavy atom. The molecule has 0 amide bonds. The first-order chi connectivity index (χ1) is 62.8. The van der Waals surface area contributed by atoms with Crippen LogP contribution in [0.3, 0.4) is 0 Å². The van der Waals surface area contributed by atoms with Crippen LogP contribution >= 0.6 is 106 Å². The Hall–Kier alpha value is -3.82. The van der Waals surface area contributed by atoms with Crippen molar-refractivity contribution < 1.29 is 4.52 Å². The fraction of sp³-hybridized carbons (Fsp3) is 0.750. The number of nitrogens with zero attached hydrogens (tertiary/aromatic N) is 15. The van der Waals surface area contributed by atoms with Crippen LogP contribution in [-0.2, 0) is 66.1 Å². The van der Waals surface area contributed by atoms with Gasteiger partial charge in [-0.15, -0.1) is 82.3 Å². The molecule has 0 saturated carbocycles. The van der Waals surface area contributed by atoms with Gasteiger partial charge in [0.05, 0.1) is 38.1 Å². The molecule has 2 aliphatic heterocycles. The van der Waals surface area contributed by atoms with Crippen molar-refractivity contribution in [3.05, 3.63) is 119 Å². The highest BCUT2D eigenvalue weighted by molar-refractivity contribution is 8.14. The lowest BCUT2D eigenvalue weighted by molar-refractivity contribution is 0.402. The average molecular weight is 2120 g/mol. The molecule has 0 saturated heterocycles. The predicted octanol–water partition coefficient (Wildman–Crippen LogP) is 36.0. The first-order valence-electron chi connectivity index (χ1n) is 50.8. The molecule has 7 aromatic heterocycles. The Balaban J connectivity index is 0.000000793. The van der Waals surface area contributed by atoms with Crippen molar-refractivity contribution >= 4 is 116 Å². The van der Waals surface area contributed by atoms with Crippen LogP contribution in [0.15, 0.2) is 129 Å². The van der Waals surface area contributed by atoms with Crippen LogP contribution in [0, 0.1) is 59.6 Å². The van der Waals surface area contributed by atoms with Gasteiger partial charge in [0.25, 0.3) is 0 Å². The van der Waals surface area contributed by atoms with E-state index in [1.165, 1.54) is 54.6 Å². The number of hydrogen-bond acceptors (Lipinski definition) is 21. The Kier molecular flexibility index (Phi) is 52.5. The lowest BCUT2D eigenvalue weighted by Crippen LogP contribution is -2.17. The van der Waals surface area contributed by atoms with E-state index >= 15 is 0 Å². The molecule has 0 spiro atoms. The summed E-state index contributed by atoms with van der Waals surface area (Å²) in [5.74, 6) is 10.8. The second-order valence-corrected chi connectivity index (χ2v) is 66.8. The zero-order chi connectivity index (χ0) is 110. The SMILES string of the molecule is CC(C)(C)CSC1=NC(C(C)(C)C)=CC1.CC(C)(C)CSC1=NCC=C1C(C)(C)C.CC(C)(C)CSc1cc(C(C)(C)C)ncn1.CC(C)(C)CSc1ccnc(C(C)(C)C)n1.CC(C)(C)CSc1nocc1C(C)(C)C.Cn1c(C(C)(C)C)cnc1SCC(C)(C)C.Cn1cc(C(C)(C)C)c(SCC(C)(C)C)n1.Cn1cc(C(C)(C)C)nc1SCC(C)(C)C.Cn1nc(SCC(C)(C)C)cc1C(C)(C)C. The highest BCUT2D eigenvalue weighted by Crippen LogP contribution is 2.42. The van der Waals surface area contributed by atoms with Gasteiger partial charge in [-0.2, -0.15) is 10.2 Å². The normalized spacial score (nSPS) is 14.1. The molecule has 16 nitrogen and oxygen atoms in total. The number of thioether (sulfide) groups is 9. The maximum Gasteiger partial charge on any atom is 0.167 e. The van der Waals surface area contributed by atoms with Crippen molar-refractivity contribution in [2.45, 2.75) is 454 Å². The maximum atomic E-state index is 5.07. The van der Waals surface area contributed by atoms with Crippen LogP contribution in [0.4, 0.5) is 0 Å². The van der Waals surface area contributed by atoms with Gasteiger partial charge in [-0.05, 0) is 88.8 Å². The standard InChI is InChI=1S/4C13H24N2S.2C13H22N2S.2C13H23NS.C12H21NOS/c1-12(2,3)9-16-11-14-10(8-15(11)7)13(4,5)6;1-12(2,3)9-16-11-14-8-10(15(11)7)13(4,5)6;1-12(2,3)9-16-11-10(13(4,5)6)8-15(7)14-11;1-12(2,3)9-16-11-8-10(13(4,5)6)15(7)14-11;1-12(2,3)8-16-11-7-10(13(4,5)6)14-9-15-11;1-12(2,3)9-16-10-7-8-14-11(15-10)13(4,5)6;1-12(2,3)9-15-11-10(7-8-14-11)13(4,5)6;1-12(2,3)9-15-11-8-7-10(14-11)13(4,5)6;1-11(2,3)8-15-10-9(7-14-13-10)12(4,5)6/h4*8H,9H2,1-7H3;7,9H,8H2,1-6H3;7-8H,9H2,1-6H3;2*7H,8-9H2,1-6H3;7H,8H2,1-6H3. The molecule has 0 fully saturated rings. The lowest BCUT2D eigenvalue weighted by Gasteiger charge is -2.24. The number of allylic oxidation sites excluding steroid dienone is 2. The molecule has 2 aliphatic rings. The second-order valence-electron chi connectivity index (χ2n) is 58.0. The van der Waals surface area contributed by atoms with Gasteiger partial charge in [-0.1, -0.05) is 415 Å². The summed E-state index contributed by atoms with van der Waals surface area (Å²) in [6.07, 6.45) is 17.2. The van der Waals surface area contributed by atoms with E-state index in [2.05, 4.69) is 479 Å². The first kappa shape index (κ1) is 135. The minimum atomic E-state index is 0.0261. The van der Waals surface area contributed by atoms with Gasteiger partial charge in [-0.3, -0.25) is 19.3 Å². The molecule has 0 N–H and O–H groups in total. The third-order valence-corrected chi connectivity index (χ3v) is 33.7. The molecule has 141 heavy (non-hydrogen) atoms. The van der Waals surface area contributed by atoms with E-state index in [1.807, 2.05) is 112 Å². The summed E-state index contributed by atoms with van der Waals surface area (Å²) < 4.78 is 13.3. The quantitative estimate of drug-likeness (QED) is 0.0659. The Morgan fingerprint density at radius 1 is 0.340 bits per heavy atom. The first-order valence-corrected chi connectivity index (χ1v) is 59.7. The zero-order valence-electron chi connectivity index (χ0n) is 101. The molecule has 25 heteroatoms. The maximum absolute atomic E-state index is 5.07. The van der Waals surface area contributed by atoms with Gasteiger partial charge in [0.1, 0.15) is 33.5 Å². The van der Waals surface area contributed by atoms with E-state index in [-0.39, 0.29) is 48.7 Å². The number of rotatable bonds is 16. The minimum Gasteiger partial charge on any atom is -0.363 e. The summed E-state index contributed by atoms with van der Waals surface area (Å²) >= 11 is 16.6. The number of aryl methyl sites for hydroxylation is 3. The smallest absolute Gasteiger partial charge is 0.167 e. The fourth-order valence-electron chi connectivity index (χ4n) is 11.6. The molecule has 0 radical (unpaired) electrons. The van der Waals surface area contributed by atoms with Crippen molar-refractivity contribution in [1.82, 2.24) is 63.8 Å². The zero-order valence-corrected chi connectivity index (χ0v) is 108. The molecule has 7 aromatic rings. The predicted molar refractivity (Wildman–Crippen MR) is 639 cm³/mol. The number of hydrogen-bond donors (Lipinski definition) is 0. The summed E-state index contributed by atoms with van der Waals surface area (Å²) in [7, 11) is 8.21. The largest absolute Gasteiger partial charge is 0.363 e. The van der Waals surface area contributed by atoms with E-state index in [0.717, 1.165) is 107 Å². The fourth-order valence-corrected chi connectivity index (χ4v) is 21.0. The Bertz CT molecular complexity index is 4870. The molecule has 0 aliphatic carbocycles. The molecular weight excluding hydrogens is 1910 g/mol. The number of imidazole rings is 2. The second kappa shape index (κ2) is 54.8. The third-order valence-electron chi connectivity index (χ3n) is 19.5. The molecule has 806 valence electrons. The van der Waals surface area contributed by atoms with Gasteiger partial charge in [0.2, 0.25) is 0 Å². The van der Waals surface area contributed by atoms with Gasteiger partial charge in [0.15, 0.2) is 10.3 Å². The van der Waals surface area contributed by atoms with Gasteiger partial charge in [0, 0.05) is 172 Å². The highest BCUT2D eigenvalue weighted by Gasteiger charge is 2.32. The van der Waals surface area contributed by atoms with Gasteiger partial charge < -0.3 is 13.7 Å². The molecule has 9 rings (SSSR count). The number of aliphatic imine (C=N–C) groups is 2. The van der Waals surface area contributed by atoms with E-state index in [0.29, 0.717) is 48.7 Å². The molecule has 9 heterocycles. The monoisotopic (exact) mass is 2110 g/mol. The molecule has 0 aromatic carbocycles. The highest BCUT2D eigenvalue weighted by atomic mass is 32.2. The van der Waals surface area contributed by atoms with Crippen LogP contribution in [-0.4, -0.2) is 132 Å². The van der Waals surface area contributed by atoms with E-state index < -0.39 is 0 Å². The van der Waals surface area contributed by atoms with E-state index in [4.69, 9.17) is 14.5 Å². The van der Waals surface area contributed by atoms with E-state index in [1.54, 1.807) is 47.9 Å². The number of aromatic nitrogens is 13. The Morgan fingerprint density at radius 2 is 0.766 bits per heavy atom. The molecular formula is C116H207N15OS9. The van der Waals surface area contributed by atoms with Crippen LogP contribution in [0.1, 0.15) is 420 Å². The van der Waals surface area contributed by atoms with Crippen molar-refractivity contribution in [3.63, 3.8) is 0 Å². The van der Waals surface area contributed by atoms with E-state index in [9.17, 15) is 0 Å². The van der Waals surface area contributed by atoms with Crippen LogP contribution in [0.5, 0.6) is 0 Å². The van der Waals surface area contributed by atoms with Crippen LogP contribution < -0.4 is 0 Å². The molecule has 0 bridgehead atoms. The Labute approximate surface area is 905 Å². The van der Waals surface area contributed by atoms with Crippen molar-refractivity contribution in [1.29, 1.82) is 0 Å². The summed E-state index contributed by atoms with van der Waals surface area (Å²) in [5.41, 5.74) is 14.6. The van der Waals surface area contributed by atoms with Crippen molar-refractivity contribution in [2.75, 3.05) is 58.3 Å². The van der Waals surface area contributed by atoms with Gasteiger partial charge >= 0.3 is 0 Å². The minimum absolute atomic E-state index is 0.0261. The van der Waals surface area contributed by atoms with Crippen molar-refractivity contribution in [2.24, 2.45) is 97.7 Å². The molecule has 0 unspecified atom stereocenters.